The number of hydrogen-bond acceptors (Lipinski definition) is 11. The van der Waals surface area contributed by atoms with Gasteiger partial charge in [-0.3, -0.25) is 4.79 Å². The highest BCUT2D eigenvalue weighted by Gasteiger charge is 2.65. The zero-order chi connectivity index (χ0) is 32.9. The molecule has 1 unspecified atom stereocenters. The SMILES string of the molecule is CCCN1C(=O)C2(N=C(SN(NC(=O)OC(C)C)C(=O)OC(C)C)N(C(=O)OC(C)C)N2C(=O)OC(C)C)c2ccccc21. The van der Waals surface area contributed by atoms with E-state index in [0.717, 1.165) is 10.0 Å². The van der Waals surface area contributed by atoms with E-state index in [2.05, 4.69) is 10.4 Å². The van der Waals surface area contributed by atoms with E-state index < -0.39 is 60.4 Å². The molecule has 0 aliphatic carbocycles. The molecule has 2 aliphatic heterocycles. The third-order valence-electron chi connectivity index (χ3n) is 5.74. The summed E-state index contributed by atoms with van der Waals surface area (Å²) in [6, 6.07) is 6.72. The van der Waals surface area contributed by atoms with E-state index in [1.807, 2.05) is 6.92 Å². The minimum Gasteiger partial charge on any atom is -0.446 e. The predicted octanol–water partition coefficient (Wildman–Crippen LogP) is 5.12. The van der Waals surface area contributed by atoms with Gasteiger partial charge in [0.25, 0.3) is 11.6 Å². The molecule has 0 aromatic heterocycles. The van der Waals surface area contributed by atoms with Gasteiger partial charge in [-0.2, -0.15) is 10.0 Å². The fraction of sp³-hybridized carbons (Fsp3) is 0.571. The molecule has 16 heteroatoms. The van der Waals surface area contributed by atoms with Crippen molar-refractivity contribution in [1.29, 1.82) is 0 Å². The largest absolute Gasteiger partial charge is 0.446 e. The molecule has 0 saturated carbocycles. The molecule has 1 spiro atoms. The first-order chi connectivity index (χ1) is 20.6. The molecule has 0 bridgehead atoms. The van der Waals surface area contributed by atoms with Crippen LogP contribution in [-0.4, -0.2) is 80.8 Å². The molecule has 0 saturated heterocycles. The van der Waals surface area contributed by atoms with E-state index in [0.29, 0.717) is 34.0 Å². The van der Waals surface area contributed by atoms with Crippen LogP contribution in [0.1, 0.15) is 74.3 Å². The first-order valence-corrected chi connectivity index (χ1v) is 15.1. The number of nitrogens with zero attached hydrogens (tertiary/aromatic N) is 5. The van der Waals surface area contributed by atoms with Crippen LogP contribution in [0.15, 0.2) is 29.3 Å². The normalized spacial score (nSPS) is 17.4. The number of carbonyl (C=O) groups is 5. The fourth-order valence-corrected chi connectivity index (χ4v) is 5.14. The first kappa shape index (κ1) is 34.3. The molecule has 2 heterocycles. The maximum Gasteiger partial charge on any atom is 0.440 e. The van der Waals surface area contributed by atoms with Crippen LogP contribution in [0.5, 0.6) is 0 Å². The number of anilines is 1. The fourth-order valence-electron chi connectivity index (χ4n) is 4.33. The van der Waals surface area contributed by atoms with E-state index in [9.17, 15) is 24.0 Å². The Morgan fingerprint density at radius 3 is 2.02 bits per heavy atom. The van der Waals surface area contributed by atoms with E-state index in [-0.39, 0.29) is 11.7 Å². The van der Waals surface area contributed by atoms with Crippen molar-refractivity contribution in [3.63, 3.8) is 0 Å². The second-order valence-electron chi connectivity index (χ2n) is 10.9. The molecule has 1 aromatic rings. The number of amidine groups is 1. The molecule has 44 heavy (non-hydrogen) atoms. The van der Waals surface area contributed by atoms with Crippen molar-refractivity contribution in [2.45, 2.75) is 98.8 Å². The minimum atomic E-state index is -2.15. The van der Waals surface area contributed by atoms with E-state index in [1.54, 1.807) is 79.7 Å². The summed E-state index contributed by atoms with van der Waals surface area (Å²) >= 11 is 0.415. The van der Waals surface area contributed by atoms with E-state index in [1.165, 1.54) is 4.90 Å². The minimum absolute atomic E-state index is 0.286. The molecule has 15 nitrogen and oxygen atoms in total. The van der Waals surface area contributed by atoms with Crippen molar-refractivity contribution in [2.75, 3.05) is 11.4 Å². The Labute approximate surface area is 260 Å². The summed E-state index contributed by atoms with van der Waals surface area (Å²) in [4.78, 5) is 73.8. The van der Waals surface area contributed by atoms with Crippen LogP contribution < -0.4 is 10.3 Å². The van der Waals surface area contributed by atoms with Gasteiger partial charge in [0.2, 0.25) is 5.17 Å². The average molecular weight is 637 g/mol. The summed E-state index contributed by atoms with van der Waals surface area (Å²) in [5.41, 5.74) is 0.883. The summed E-state index contributed by atoms with van der Waals surface area (Å²) in [7, 11) is 0. The number of benzene rings is 1. The Morgan fingerprint density at radius 1 is 0.886 bits per heavy atom. The quantitative estimate of drug-likeness (QED) is 0.252. The Hall–Kier alpha value is -4.21. The Morgan fingerprint density at radius 2 is 1.45 bits per heavy atom. The topological polar surface area (TPSA) is 160 Å². The summed E-state index contributed by atoms with van der Waals surface area (Å²) in [5.74, 6) is -0.636. The van der Waals surface area contributed by atoms with Crippen LogP contribution in [0.25, 0.3) is 0 Å². The van der Waals surface area contributed by atoms with Crippen LogP contribution >= 0.6 is 11.9 Å². The van der Waals surface area contributed by atoms with Gasteiger partial charge < -0.3 is 23.8 Å². The molecule has 1 aromatic carbocycles. The highest BCUT2D eigenvalue weighted by molar-refractivity contribution is 8.12. The monoisotopic (exact) mass is 636 g/mol. The smallest absolute Gasteiger partial charge is 0.440 e. The number of amides is 5. The molecular weight excluding hydrogens is 596 g/mol. The van der Waals surface area contributed by atoms with Crippen molar-refractivity contribution < 1.29 is 42.9 Å². The summed E-state index contributed by atoms with van der Waals surface area (Å²) in [6.45, 7) is 15.0. The van der Waals surface area contributed by atoms with Crippen LogP contribution in [0.2, 0.25) is 0 Å². The molecule has 3 rings (SSSR count). The number of rotatable bonds is 6. The summed E-state index contributed by atoms with van der Waals surface area (Å²) in [5, 5.41) is 1.14. The zero-order valence-electron chi connectivity index (χ0n) is 26.4. The number of fused-ring (bicyclic) bond motifs is 2. The van der Waals surface area contributed by atoms with Gasteiger partial charge in [-0.25, -0.2) is 29.6 Å². The van der Waals surface area contributed by atoms with E-state index >= 15 is 0 Å². The molecule has 242 valence electrons. The standard InChI is InChI=1S/C28H40N6O9S/c1-10-15-31-21-14-12-11-13-20(21)28(22(31)35)29-23(32(25(37)41-17(4)5)33(28)26(38)42-18(6)7)44-34(27(39)43-19(8)9)30-24(36)40-16(2)3/h11-14,16-19H,10,15H2,1-9H3,(H,30,36). The maximum absolute atomic E-state index is 14.4. The maximum atomic E-state index is 14.4. The summed E-state index contributed by atoms with van der Waals surface area (Å²) < 4.78 is 22.0. The van der Waals surface area contributed by atoms with Gasteiger partial charge in [0, 0.05) is 12.1 Å². The number of aliphatic imine (C=N–C) groups is 1. The third-order valence-corrected chi connectivity index (χ3v) is 6.59. The lowest BCUT2D eigenvalue weighted by atomic mass is 10.0. The van der Waals surface area contributed by atoms with Crippen LogP contribution in [0.4, 0.5) is 24.9 Å². The summed E-state index contributed by atoms with van der Waals surface area (Å²) in [6.07, 6.45) is -6.09. The second kappa shape index (κ2) is 14.1. The van der Waals surface area contributed by atoms with Crippen LogP contribution in [-0.2, 0) is 29.4 Å². The third kappa shape index (κ3) is 7.11. The van der Waals surface area contributed by atoms with Crippen LogP contribution in [0.3, 0.4) is 0 Å². The van der Waals surface area contributed by atoms with Gasteiger partial charge in [-0.05, 0) is 67.9 Å². The lowest BCUT2D eigenvalue weighted by Gasteiger charge is -2.35. The average Bonchev–Trinajstić information content (AvgIpc) is 3.36. The lowest BCUT2D eigenvalue weighted by Crippen LogP contribution is -2.60. The molecule has 2 aliphatic rings. The van der Waals surface area contributed by atoms with Gasteiger partial charge in [-0.1, -0.05) is 25.1 Å². The number of carbonyl (C=O) groups excluding carboxylic acids is 5. The molecule has 0 radical (unpaired) electrons. The molecule has 1 N–H and O–H groups in total. The van der Waals surface area contributed by atoms with Crippen molar-refractivity contribution in [3.8, 4) is 0 Å². The number of para-hydroxylation sites is 1. The highest BCUT2D eigenvalue weighted by atomic mass is 32.2. The molecule has 0 fully saturated rings. The number of nitrogens with one attached hydrogen (secondary N) is 1. The Bertz CT molecular complexity index is 1300. The van der Waals surface area contributed by atoms with Gasteiger partial charge in [-0.15, -0.1) is 4.41 Å². The predicted molar refractivity (Wildman–Crippen MR) is 161 cm³/mol. The Balaban J connectivity index is 2.27. The van der Waals surface area contributed by atoms with E-state index in [4.69, 9.17) is 18.9 Å². The second-order valence-corrected chi connectivity index (χ2v) is 11.8. The number of hydrazine groups is 2. The number of ether oxygens (including phenoxy) is 4. The van der Waals surface area contributed by atoms with Gasteiger partial charge >= 0.3 is 24.4 Å². The van der Waals surface area contributed by atoms with Crippen molar-refractivity contribution in [1.82, 2.24) is 19.9 Å². The van der Waals surface area contributed by atoms with Gasteiger partial charge in [0.15, 0.2) is 0 Å². The van der Waals surface area contributed by atoms with Gasteiger partial charge in [0.05, 0.1) is 42.1 Å². The molecule has 1 atom stereocenters. The first-order valence-electron chi connectivity index (χ1n) is 14.3. The Kier molecular flexibility index (Phi) is 10.9. The van der Waals surface area contributed by atoms with Crippen molar-refractivity contribution in [3.05, 3.63) is 29.8 Å². The lowest BCUT2D eigenvalue weighted by molar-refractivity contribution is -0.133. The van der Waals surface area contributed by atoms with Crippen molar-refractivity contribution in [2.24, 2.45) is 4.99 Å². The number of hydrogen-bond donors (Lipinski definition) is 1. The zero-order valence-corrected chi connectivity index (χ0v) is 27.2. The van der Waals surface area contributed by atoms with Gasteiger partial charge in [0.1, 0.15) is 0 Å². The molecular formula is C28H40N6O9S. The van der Waals surface area contributed by atoms with Crippen molar-refractivity contribution >= 4 is 53.1 Å². The molecule has 5 amide bonds. The highest BCUT2D eigenvalue weighted by Crippen LogP contribution is 2.50. The van der Waals surface area contributed by atoms with Crippen LogP contribution in [0, 0.1) is 0 Å².